The van der Waals surface area contributed by atoms with Gasteiger partial charge in [-0.15, -0.1) is 11.3 Å². The van der Waals surface area contributed by atoms with Crippen molar-refractivity contribution in [3.63, 3.8) is 0 Å². The molecule has 0 atom stereocenters. The molecule has 2 heteroatoms. The van der Waals surface area contributed by atoms with Crippen molar-refractivity contribution in [2.24, 2.45) is 0 Å². The highest BCUT2D eigenvalue weighted by atomic mass is 32.1. The summed E-state index contributed by atoms with van der Waals surface area (Å²) < 4.78 is 1.34. The smallest absolute Gasteiger partial charge is 0.0462 e. The van der Waals surface area contributed by atoms with Gasteiger partial charge in [0.15, 0.2) is 0 Å². The third kappa shape index (κ3) is 4.86. The van der Waals surface area contributed by atoms with Crippen LogP contribution < -0.4 is 4.90 Å². The van der Waals surface area contributed by atoms with E-state index in [0.29, 0.717) is 0 Å². The van der Waals surface area contributed by atoms with Crippen LogP contribution in [0.2, 0.25) is 0 Å². The van der Waals surface area contributed by atoms with Crippen molar-refractivity contribution in [2.75, 3.05) is 4.90 Å². The van der Waals surface area contributed by atoms with E-state index in [9.17, 15) is 0 Å². The van der Waals surface area contributed by atoms with Gasteiger partial charge in [0.05, 0.1) is 0 Å². The third-order valence-electron chi connectivity index (χ3n) is 9.25. The largest absolute Gasteiger partial charge is 0.311 e. The molecule has 0 N–H and O–H groups in total. The van der Waals surface area contributed by atoms with Crippen molar-refractivity contribution in [2.45, 2.75) is 0 Å². The van der Waals surface area contributed by atoms with Crippen molar-refractivity contribution in [3.8, 4) is 32.7 Å². The molecule has 9 aromatic rings. The molecule has 0 aliphatic heterocycles. The molecule has 48 heavy (non-hydrogen) atoms. The third-order valence-corrected chi connectivity index (χ3v) is 10.5. The quantitative estimate of drug-likeness (QED) is 0.165. The molecule has 0 bridgehead atoms. The number of para-hydroxylation sites is 2. The van der Waals surface area contributed by atoms with Gasteiger partial charge in [-0.2, -0.15) is 0 Å². The lowest BCUT2D eigenvalue weighted by atomic mass is 9.91. The van der Waals surface area contributed by atoms with E-state index in [4.69, 9.17) is 0 Å². The van der Waals surface area contributed by atoms with Gasteiger partial charge in [-0.05, 0) is 80.9 Å². The number of hydrogen-bond acceptors (Lipinski definition) is 2. The van der Waals surface area contributed by atoms with Crippen LogP contribution in [0, 0.1) is 0 Å². The van der Waals surface area contributed by atoms with E-state index in [1.54, 1.807) is 0 Å². The van der Waals surface area contributed by atoms with Crippen LogP contribution in [0.4, 0.5) is 17.1 Å². The fourth-order valence-electron chi connectivity index (χ4n) is 7.04. The van der Waals surface area contributed by atoms with Gasteiger partial charge in [0.2, 0.25) is 0 Å². The molecule has 226 valence electrons. The minimum Gasteiger partial charge on any atom is -0.311 e. The summed E-state index contributed by atoms with van der Waals surface area (Å²) in [6, 6.07) is 67.8. The van der Waals surface area contributed by atoms with Crippen LogP contribution in [-0.4, -0.2) is 0 Å². The normalized spacial score (nSPS) is 11.3. The monoisotopic (exact) mass is 629 g/mol. The van der Waals surface area contributed by atoms with Gasteiger partial charge in [0, 0.05) is 43.0 Å². The summed E-state index contributed by atoms with van der Waals surface area (Å²) in [6.07, 6.45) is 0. The molecule has 0 saturated heterocycles. The Hall–Kier alpha value is -5.96. The summed E-state index contributed by atoms with van der Waals surface area (Å²) in [5.74, 6) is 0. The first-order valence-electron chi connectivity index (χ1n) is 16.4. The SMILES string of the molecule is c1ccc(-c2sc3c4ccccc4c4cc(-c5ccc(N(c6ccccc6)c6ccccc6)cc5)ccc4c3c2-c2ccccc2)cc1. The van der Waals surface area contributed by atoms with Gasteiger partial charge >= 0.3 is 0 Å². The van der Waals surface area contributed by atoms with Gasteiger partial charge in [-0.3, -0.25) is 0 Å². The van der Waals surface area contributed by atoms with Gasteiger partial charge in [-0.1, -0.05) is 146 Å². The predicted octanol–water partition coefficient (Wildman–Crippen LogP) is 13.7. The first kappa shape index (κ1) is 28.3. The maximum Gasteiger partial charge on any atom is 0.0462 e. The molecule has 1 aromatic heterocycles. The van der Waals surface area contributed by atoms with Crippen LogP contribution >= 0.6 is 11.3 Å². The van der Waals surface area contributed by atoms with E-state index in [0.717, 1.165) is 17.1 Å². The summed E-state index contributed by atoms with van der Waals surface area (Å²) >= 11 is 1.91. The lowest BCUT2D eigenvalue weighted by Gasteiger charge is -2.25. The zero-order valence-electron chi connectivity index (χ0n) is 26.3. The topological polar surface area (TPSA) is 3.24 Å². The van der Waals surface area contributed by atoms with Gasteiger partial charge in [0.25, 0.3) is 0 Å². The Bertz CT molecular complexity index is 2480. The van der Waals surface area contributed by atoms with E-state index in [1.807, 2.05) is 11.3 Å². The van der Waals surface area contributed by atoms with E-state index in [2.05, 4.69) is 193 Å². The zero-order chi connectivity index (χ0) is 31.9. The second-order valence-electron chi connectivity index (χ2n) is 12.1. The summed E-state index contributed by atoms with van der Waals surface area (Å²) in [5, 5.41) is 6.50. The second-order valence-corrected chi connectivity index (χ2v) is 13.1. The Balaban J connectivity index is 1.23. The molecule has 1 heterocycles. The van der Waals surface area contributed by atoms with Gasteiger partial charge < -0.3 is 4.90 Å². The molecule has 0 spiro atoms. The summed E-state index contributed by atoms with van der Waals surface area (Å²) in [5.41, 5.74) is 9.63. The molecule has 8 aromatic carbocycles. The highest BCUT2D eigenvalue weighted by molar-refractivity contribution is 7.24. The van der Waals surface area contributed by atoms with E-state index >= 15 is 0 Å². The number of hydrogen-bond donors (Lipinski definition) is 0. The second kappa shape index (κ2) is 12.0. The minimum absolute atomic E-state index is 1.13. The van der Waals surface area contributed by atoms with Gasteiger partial charge in [-0.25, -0.2) is 0 Å². The van der Waals surface area contributed by atoms with Crippen molar-refractivity contribution in [3.05, 3.63) is 188 Å². The van der Waals surface area contributed by atoms with Crippen LogP contribution in [0.1, 0.15) is 0 Å². The highest BCUT2D eigenvalue weighted by Gasteiger charge is 2.21. The first-order chi connectivity index (χ1) is 23.8. The lowest BCUT2D eigenvalue weighted by Crippen LogP contribution is -2.09. The number of rotatable bonds is 6. The summed E-state index contributed by atoms with van der Waals surface area (Å²) in [6.45, 7) is 0. The molecule has 0 unspecified atom stereocenters. The van der Waals surface area contributed by atoms with Crippen molar-refractivity contribution < 1.29 is 0 Å². The number of fused-ring (bicyclic) bond motifs is 6. The molecule has 0 amide bonds. The Labute approximate surface area is 284 Å². The molecule has 0 saturated carbocycles. The van der Waals surface area contributed by atoms with Crippen LogP contribution in [-0.2, 0) is 0 Å². The van der Waals surface area contributed by atoms with Crippen LogP contribution in [0.25, 0.3) is 64.3 Å². The van der Waals surface area contributed by atoms with Crippen LogP contribution in [0.3, 0.4) is 0 Å². The standard InChI is InChI=1S/C46H31NS/c1-5-15-33(16-6-1)43-44-40-30-27-35(31-42(40)39-23-13-14-24-41(39)46(44)48-45(43)34-17-7-2-8-18-34)32-25-28-38(29-26-32)47(36-19-9-3-10-20-36)37-21-11-4-12-22-37/h1-31H. The average molecular weight is 630 g/mol. The molecule has 0 aliphatic rings. The molecular weight excluding hydrogens is 599 g/mol. The van der Waals surface area contributed by atoms with Crippen LogP contribution in [0.15, 0.2) is 188 Å². The van der Waals surface area contributed by atoms with Crippen molar-refractivity contribution in [1.29, 1.82) is 0 Å². The fourth-order valence-corrected chi connectivity index (χ4v) is 8.42. The first-order valence-corrected chi connectivity index (χ1v) is 17.2. The van der Waals surface area contributed by atoms with Gasteiger partial charge in [0.1, 0.15) is 0 Å². The molecule has 9 rings (SSSR count). The fraction of sp³-hybridized carbons (Fsp3) is 0. The predicted molar refractivity (Wildman–Crippen MR) is 208 cm³/mol. The maximum atomic E-state index is 2.40. The number of nitrogens with zero attached hydrogens (tertiary/aromatic N) is 1. The zero-order valence-corrected chi connectivity index (χ0v) is 27.1. The molecular formula is C46H31NS. The Kier molecular flexibility index (Phi) is 7.07. The maximum absolute atomic E-state index is 2.40. The number of thiophene rings is 1. The summed E-state index contributed by atoms with van der Waals surface area (Å²) in [4.78, 5) is 3.62. The molecule has 0 radical (unpaired) electrons. The summed E-state index contributed by atoms with van der Waals surface area (Å²) in [7, 11) is 0. The highest BCUT2D eigenvalue weighted by Crippen LogP contribution is 2.50. The van der Waals surface area contributed by atoms with Crippen molar-refractivity contribution >= 4 is 60.0 Å². The van der Waals surface area contributed by atoms with E-state index < -0.39 is 0 Å². The molecule has 0 fully saturated rings. The van der Waals surface area contributed by atoms with Crippen molar-refractivity contribution in [1.82, 2.24) is 0 Å². The Morgan fingerprint density at radius 1 is 0.333 bits per heavy atom. The minimum atomic E-state index is 1.13. The Morgan fingerprint density at radius 2 is 0.833 bits per heavy atom. The molecule has 1 nitrogen and oxygen atoms in total. The van der Waals surface area contributed by atoms with E-state index in [1.165, 1.54) is 64.3 Å². The lowest BCUT2D eigenvalue weighted by molar-refractivity contribution is 1.28. The van der Waals surface area contributed by atoms with Crippen LogP contribution in [0.5, 0.6) is 0 Å². The van der Waals surface area contributed by atoms with E-state index in [-0.39, 0.29) is 0 Å². The molecule has 0 aliphatic carbocycles. The average Bonchev–Trinajstić information content (AvgIpc) is 3.58. The Morgan fingerprint density at radius 3 is 1.46 bits per heavy atom. The number of benzene rings is 8. The number of anilines is 3.